The highest BCUT2D eigenvalue weighted by molar-refractivity contribution is 6.46. The SMILES string of the molecule is C=CCOc1ccc(C2/C(=C(\O)c3ccc(OCc4cccc(C)c4)cc3)C(=O)C(=O)N2CCCN(C)C)cc1. The number of hydrogen-bond acceptors (Lipinski definition) is 6. The fraction of sp³-hybridized carbons (Fsp3) is 0.273. The lowest BCUT2D eigenvalue weighted by Crippen LogP contribution is -2.32. The first-order chi connectivity index (χ1) is 19.3. The van der Waals surface area contributed by atoms with Gasteiger partial charge in [-0.15, -0.1) is 0 Å². The van der Waals surface area contributed by atoms with Gasteiger partial charge in [-0.2, -0.15) is 0 Å². The van der Waals surface area contributed by atoms with Crippen molar-refractivity contribution in [2.24, 2.45) is 0 Å². The van der Waals surface area contributed by atoms with Crippen LogP contribution in [0.25, 0.3) is 5.76 Å². The molecule has 0 aliphatic carbocycles. The monoisotopic (exact) mass is 540 g/mol. The predicted octanol–water partition coefficient (Wildman–Crippen LogP) is 5.51. The van der Waals surface area contributed by atoms with E-state index in [1.807, 2.05) is 56.3 Å². The Kier molecular flexibility index (Phi) is 9.40. The third kappa shape index (κ3) is 6.79. The number of carbonyl (C=O) groups is 2. The molecular weight excluding hydrogens is 504 g/mol. The van der Waals surface area contributed by atoms with Crippen LogP contribution in [0.1, 0.15) is 34.7 Å². The van der Waals surface area contributed by atoms with Gasteiger partial charge in [0.15, 0.2) is 0 Å². The quantitative estimate of drug-likeness (QED) is 0.141. The molecule has 0 saturated carbocycles. The van der Waals surface area contributed by atoms with Crippen molar-refractivity contribution in [3.05, 3.63) is 113 Å². The molecule has 208 valence electrons. The number of ether oxygens (including phenoxy) is 2. The van der Waals surface area contributed by atoms with Crippen LogP contribution in [-0.2, 0) is 16.2 Å². The number of likely N-dealkylation sites (tertiary alicyclic amines) is 1. The smallest absolute Gasteiger partial charge is 0.295 e. The maximum absolute atomic E-state index is 13.3. The van der Waals surface area contributed by atoms with E-state index >= 15 is 0 Å². The van der Waals surface area contributed by atoms with E-state index in [0.29, 0.717) is 43.2 Å². The van der Waals surface area contributed by atoms with Crippen LogP contribution in [0.3, 0.4) is 0 Å². The molecule has 1 heterocycles. The van der Waals surface area contributed by atoms with Crippen LogP contribution in [-0.4, -0.2) is 60.4 Å². The van der Waals surface area contributed by atoms with Gasteiger partial charge >= 0.3 is 0 Å². The molecular formula is C33H36N2O5. The fourth-order valence-electron chi connectivity index (χ4n) is 4.75. The summed E-state index contributed by atoms with van der Waals surface area (Å²) < 4.78 is 11.5. The molecule has 3 aromatic carbocycles. The second-order valence-corrected chi connectivity index (χ2v) is 10.1. The fourth-order valence-corrected chi connectivity index (χ4v) is 4.75. The molecule has 0 spiro atoms. The molecule has 1 fully saturated rings. The van der Waals surface area contributed by atoms with Gasteiger partial charge in [-0.05, 0) is 81.5 Å². The maximum Gasteiger partial charge on any atom is 0.295 e. The number of aliphatic hydroxyl groups excluding tert-OH is 1. The van der Waals surface area contributed by atoms with E-state index in [2.05, 4.69) is 12.6 Å². The van der Waals surface area contributed by atoms with E-state index in [4.69, 9.17) is 9.47 Å². The van der Waals surface area contributed by atoms with E-state index in [0.717, 1.165) is 23.2 Å². The van der Waals surface area contributed by atoms with Gasteiger partial charge in [-0.1, -0.05) is 54.6 Å². The van der Waals surface area contributed by atoms with Gasteiger partial charge in [0.2, 0.25) is 0 Å². The number of rotatable bonds is 12. The molecule has 1 N–H and O–H groups in total. The van der Waals surface area contributed by atoms with E-state index in [9.17, 15) is 14.7 Å². The summed E-state index contributed by atoms with van der Waals surface area (Å²) in [5, 5.41) is 11.4. The lowest BCUT2D eigenvalue weighted by Gasteiger charge is -2.26. The average Bonchev–Trinajstić information content (AvgIpc) is 3.20. The summed E-state index contributed by atoms with van der Waals surface area (Å²) in [6, 6.07) is 21.5. The van der Waals surface area contributed by atoms with Gasteiger partial charge < -0.3 is 24.4 Å². The standard InChI is InChI=1S/C33H36N2O5/c1-5-20-39-27-14-10-25(11-15-27)30-29(32(37)33(38)35(30)19-7-18-34(3)4)31(36)26-12-16-28(17-13-26)40-22-24-9-6-8-23(2)21-24/h5-6,8-17,21,30,36H,1,7,18-20,22H2,2-4H3/b31-29+. The van der Waals surface area contributed by atoms with Crippen molar-refractivity contribution in [2.75, 3.05) is 33.8 Å². The highest BCUT2D eigenvalue weighted by Crippen LogP contribution is 2.40. The Morgan fingerprint density at radius 3 is 2.33 bits per heavy atom. The van der Waals surface area contributed by atoms with Gasteiger partial charge in [0, 0.05) is 12.1 Å². The maximum atomic E-state index is 13.3. The highest BCUT2D eigenvalue weighted by Gasteiger charge is 2.45. The molecule has 1 saturated heterocycles. The zero-order chi connectivity index (χ0) is 28.6. The number of benzene rings is 3. The van der Waals surface area contributed by atoms with Gasteiger partial charge in [-0.25, -0.2) is 0 Å². The minimum atomic E-state index is -0.715. The Bertz CT molecular complexity index is 1380. The number of amides is 1. The summed E-state index contributed by atoms with van der Waals surface area (Å²) in [5.74, 6) is -0.242. The molecule has 7 heteroatoms. The summed E-state index contributed by atoms with van der Waals surface area (Å²) in [6.45, 7) is 7.62. The Morgan fingerprint density at radius 2 is 1.68 bits per heavy atom. The topological polar surface area (TPSA) is 79.3 Å². The second kappa shape index (κ2) is 13.1. The first-order valence-electron chi connectivity index (χ1n) is 13.3. The minimum absolute atomic E-state index is 0.0723. The van der Waals surface area contributed by atoms with Crippen LogP contribution in [0.4, 0.5) is 0 Å². The van der Waals surface area contributed by atoms with Crippen LogP contribution in [0.5, 0.6) is 11.5 Å². The summed E-state index contributed by atoms with van der Waals surface area (Å²) in [6.07, 6.45) is 2.34. The lowest BCUT2D eigenvalue weighted by atomic mass is 9.95. The Labute approximate surface area is 235 Å². The molecule has 1 amide bonds. The predicted molar refractivity (Wildman–Crippen MR) is 156 cm³/mol. The normalized spacial score (nSPS) is 16.4. The lowest BCUT2D eigenvalue weighted by molar-refractivity contribution is -0.139. The molecule has 7 nitrogen and oxygen atoms in total. The van der Waals surface area contributed by atoms with E-state index in [1.165, 1.54) is 0 Å². The van der Waals surface area contributed by atoms with Crippen molar-refractivity contribution in [2.45, 2.75) is 26.0 Å². The van der Waals surface area contributed by atoms with Gasteiger partial charge in [0.05, 0.1) is 11.6 Å². The van der Waals surface area contributed by atoms with Crippen LogP contribution in [0.2, 0.25) is 0 Å². The highest BCUT2D eigenvalue weighted by atomic mass is 16.5. The van der Waals surface area contributed by atoms with Gasteiger partial charge in [-0.3, -0.25) is 9.59 Å². The van der Waals surface area contributed by atoms with Crippen molar-refractivity contribution in [1.82, 2.24) is 9.80 Å². The zero-order valence-electron chi connectivity index (χ0n) is 23.3. The Morgan fingerprint density at radius 1 is 1.00 bits per heavy atom. The number of Topliss-reactive ketones (excluding diaryl/α,β-unsaturated/α-hetero) is 1. The minimum Gasteiger partial charge on any atom is -0.507 e. The molecule has 0 aromatic heterocycles. The second-order valence-electron chi connectivity index (χ2n) is 10.1. The van der Waals surface area contributed by atoms with Crippen LogP contribution >= 0.6 is 0 Å². The molecule has 1 atom stereocenters. The van der Waals surface area contributed by atoms with E-state index in [-0.39, 0.29) is 11.3 Å². The molecule has 0 radical (unpaired) electrons. The average molecular weight is 541 g/mol. The largest absolute Gasteiger partial charge is 0.507 e. The number of hydrogen-bond donors (Lipinski definition) is 1. The van der Waals surface area contributed by atoms with E-state index in [1.54, 1.807) is 47.4 Å². The van der Waals surface area contributed by atoms with Crippen molar-refractivity contribution in [3.63, 3.8) is 0 Å². The zero-order valence-corrected chi connectivity index (χ0v) is 23.3. The van der Waals surface area contributed by atoms with E-state index < -0.39 is 17.7 Å². The summed E-state index contributed by atoms with van der Waals surface area (Å²) in [7, 11) is 3.92. The molecule has 0 bridgehead atoms. The third-order valence-electron chi connectivity index (χ3n) is 6.72. The van der Waals surface area contributed by atoms with Gasteiger partial charge in [0.25, 0.3) is 11.7 Å². The van der Waals surface area contributed by atoms with Crippen LogP contribution < -0.4 is 9.47 Å². The molecule has 1 aliphatic rings. The molecule has 40 heavy (non-hydrogen) atoms. The number of ketones is 1. The first-order valence-corrected chi connectivity index (χ1v) is 13.3. The van der Waals surface area contributed by atoms with Gasteiger partial charge in [0.1, 0.15) is 30.5 Å². The molecule has 1 aliphatic heterocycles. The molecule has 1 unspecified atom stereocenters. The van der Waals surface area contributed by atoms with Crippen LogP contribution in [0, 0.1) is 6.92 Å². The van der Waals surface area contributed by atoms with Crippen molar-refractivity contribution >= 4 is 17.4 Å². The number of aliphatic hydroxyl groups is 1. The summed E-state index contributed by atoms with van der Waals surface area (Å²) in [5.41, 5.74) is 3.44. The number of aryl methyl sites for hydroxylation is 1. The molecule has 4 rings (SSSR count). The number of carbonyl (C=O) groups excluding carboxylic acids is 2. The third-order valence-corrected chi connectivity index (χ3v) is 6.72. The van der Waals surface area contributed by atoms with Crippen molar-refractivity contribution in [3.8, 4) is 11.5 Å². The summed E-state index contributed by atoms with van der Waals surface area (Å²) >= 11 is 0. The van der Waals surface area contributed by atoms with Crippen molar-refractivity contribution in [1.29, 1.82) is 0 Å². The summed E-state index contributed by atoms with van der Waals surface area (Å²) in [4.78, 5) is 30.1. The Balaban J connectivity index is 1.62. The number of nitrogens with zero attached hydrogens (tertiary/aromatic N) is 2. The van der Waals surface area contributed by atoms with Crippen molar-refractivity contribution < 1.29 is 24.2 Å². The molecule has 3 aromatic rings. The van der Waals surface area contributed by atoms with Crippen LogP contribution in [0.15, 0.2) is 91.0 Å². The Hall–Kier alpha value is -4.36. The first kappa shape index (κ1) is 28.6.